The van der Waals surface area contributed by atoms with Gasteiger partial charge in [-0.05, 0) is 43.0 Å². The average molecular weight is 326 g/mol. The molecule has 2 heteroatoms. The lowest BCUT2D eigenvalue weighted by atomic mass is 10.0. The van der Waals surface area contributed by atoms with Gasteiger partial charge in [0.15, 0.2) is 0 Å². The predicted octanol–water partition coefficient (Wildman–Crippen LogP) is 5.92. The Morgan fingerprint density at radius 3 is 2.29 bits per heavy atom. The molecule has 0 radical (unpaired) electrons. The van der Waals surface area contributed by atoms with Gasteiger partial charge in [0.05, 0.1) is 0 Å². The van der Waals surface area contributed by atoms with E-state index in [0.717, 1.165) is 17.7 Å². The zero-order valence-electron chi connectivity index (χ0n) is 15.0. The van der Waals surface area contributed by atoms with Crippen molar-refractivity contribution in [2.75, 3.05) is 0 Å². The molecule has 130 valence electrons. The first kappa shape index (κ1) is 18.4. The van der Waals surface area contributed by atoms with Gasteiger partial charge < -0.3 is 9.84 Å². The van der Waals surface area contributed by atoms with Crippen molar-refractivity contribution in [1.29, 1.82) is 0 Å². The minimum atomic E-state index is 0.0274. The number of phenolic OH excluding ortho intramolecular Hbond substituents is 1. The Bertz CT molecular complexity index is 606. The number of aromatic hydroxyl groups is 1. The Morgan fingerprint density at radius 2 is 1.54 bits per heavy atom. The Morgan fingerprint density at radius 1 is 0.875 bits per heavy atom. The highest BCUT2D eigenvalue weighted by Gasteiger charge is 2.11. The molecule has 0 aliphatic carbocycles. The summed E-state index contributed by atoms with van der Waals surface area (Å²) in [5, 5.41) is 9.91. The van der Waals surface area contributed by atoms with E-state index in [9.17, 15) is 5.11 Å². The van der Waals surface area contributed by atoms with E-state index in [-0.39, 0.29) is 6.10 Å². The summed E-state index contributed by atoms with van der Waals surface area (Å²) in [6.07, 6.45) is 8.24. The molecular formula is C22H30O2. The third-order valence-electron chi connectivity index (χ3n) is 4.35. The van der Waals surface area contributed by atoms with E-state index in [1.807, 2.05) is 24.3 Å². The van der Waals surface area contributed by atoms with Crippen LogP contribution in [0.25, 0.3) is 0 Å². The SMILES string of the molecule is CCCCCCCc1ccccc1OC(C)Cc1ccccc1O. The summed E-state index contributed by atoms with van der Waals surface area (Å²) in [7, 11) is 0. The van der Waals surface area contributed by atoms with Gasteiger partial charge in [0.1, 0.15) is 17.6 Å². The van der Waals surface area contributed by atoms with Crippen LogP contribution in [-0.4, -0.2) is 11.2 Å². The van der Waals surface area contributed by atoms with Gasteiger partial charge in [0.2, 0.25) is 0 Å². The number of para-hydroxylation sites is 2. The van der Waals surface area contributed by atoms with Crippen molar-refractivity contribution in [1.82, 2.24) is 0 Å². The monoisotopic (exact) mass is 326 g/mol. The lowest BCUT2D eigenvalue weighted by molar-refractivity contribution is 0.218. The van der Waals surface area contributed by atoms with Crippen molar-refractivity contribution < 1.29 is 9.84 Å². The third kappa shape index (κ3) is 5.92. The standard InChI is InChI=1S/C22H30O2/c1-3-4-5-6-7-12-19-13-9-11-16-22(19)24-18(2)17-20-14-8-10-15-21(20)23/h8-11,13-16,18,23H,3-7,12,17H2,1-2H3. The summed E-state index contributed by atoms with van der Waals surface area (Å²) in [6.45, 7) is 4.31. The molecule has 0 spiro atoms. The van der Waals surface area contributed by atoms with E-state index in [4.69, 9.17) is 4.74 Å². The van der Waals surface area contributed by atoms with Crippen molar-refractivity contribution in [3.63, 3.8) is 0 Å². The fourth-order valence-electron chi connectivity index (χ4n) is 3.00. The molecule has 24 heavy (non-hydrogen) atoms. The van der Waals surface area contributed by atoms with Gasteiger partial charge in [-0.1, -0.05) is 69.0 Å². The minimum absolute atomic E-state index is 0.0274. The average Bonchev–Trinajstić information content (AvgIpc) is 2.58. The van der Waals surface area contributed by atoms with Crippen molar-refractivity contribution >= 4 is 0 Å². The largest absolute Gasteiger partial charge is 0.508 e. The molecule has 2 nitrogen and oxygen atoms in total. The van der Waals surface area contributed by atoms with Crippen LogP contribution in [0, 0.1) is 0 Å². The highest BCUT2D eigenvalue weighted by molar-refractivity contribution is 5.35. The van der Waals surface area contributed by atoms with Gasteiger partial charge in [0, 0.05) is 6.42 Å². The topological polar surface area (TPSA) is 29.5 Å². The van der Waals surface area contributed by atoms with Crippen LogP contribution in [0.5, 0.6) is 11.5 Å². The predicted molar refractivity (Wildman–Crippen MR) is 101 cm³/mol. The number of rotatable bonds is 10. The van der Waals surface area contributed by atoms with Crippen molar-refractivity contribution in [2.45, 2.75) is 64.9 Å². The highest BCUT2D eigenvalue weighted by Crippen LogP contribution is 2.24. The Labute approximate surface area is 146 Å². The molecule has 1 unspecified atom stereocenters. The van der Waals surface area contributed by atoms with Gasteiger partial charge in [-0.15, -0.1) is 0 Å². The lowest BCUT2D eigenvalue weighted by Crippen LogP contribution is -2.16. The molecule has 2 aromatic carbocycles. The van der Waals surface area contributed by atoms with Crippen LogP contribution in [0.15, 0.2) is 48.5 Å². The molecule has 0 amide bonds. The molecule has 1 atom stereocenters. The molecule has 2 rings (SSSR count). The second-order valence-electron chi connectivity index (χ2n) is 6.53. The Balaban J connectivity index is 1.90. The zero-order chi connectivity index (χ0) is 17.2. The van der Waals surface area contributed by atoms with Crippen LogP contribution in [-0.2, 0) is 12.8 Å². The minimum Gasteiger partial charge on any atom is -0.508 e. The smallest absolute Gasteiger partial charge is 0.122 e. The summed E-state index contributed by atoms with van der Waals surface area (Å²) >= 11 is 0. The van der Waals surface area contributed by atoms with Crippen LogP contribution in [0.1, 0.15) is 57.1 Å². The van der Waals surface area contributed by atoms with Gasteiger partial charge in [0.25, 0.3) is 0 Å². The second kappa shape index (κ2) is 10.0. The van der Waals surface area contributed by atoms with E-state index >= 15 is 0 Å². The molecule has 0 aliphatic heterocycles. The number of benzene rings is 2. The van der Waals surface area contributed by atoms with Gasteiger partial charge >= 0.3 is 0 Å². The molecule has 0 bridgehead atoms. The number of hydrogen-bond acceptors (Lipinski definition) is 2. The maximum absolute atomic E-state index is 9.91. The summed E-state index contributed by atoms with van der Waals surface area (Å²) < 4.78 is 6.17. The van der Waals surface area contributed by atoms with Crippen LogP contribution >= 0.6 is 0 Å². The molecule has 0 aliphatic rings. The molecule has 0 heterocycles. The third-order valence-corrected chi connectivity index (χ3v) is 4.35. The number of ether oxygens (including phenoxy) is 1. The van der Waals surface area contributed by atoms with Crippen LogP contribution in [0.4, 0.5) is 0 Å². The molecule has 0 saturated heterocycles. The van der Waals surface area contributed by atoms with Gasteiger partial charge in [-0.3, -0.25) is 0 Å². The summed E-state index contributed by atoms with van der Waals surface area (Å²) in [4.78, 5) is 0. The van der Waals surface area contributed by atoms with E-state index in [1.165, 1.54) is 37.7 Å². The van der Waals surface area contributed by atoms with Crippen LogP contribution in [0.2, 0.25) is 0 Å². The maximum Gasteiger partial charge on any atom is 0.122 e. The first-order valence-corrected chi connectivity index (χ1v) is 9.22. The molecule has 0 saturated carbocycles. The number of hydrogen-bond donors (Lipinski definition) is 1. The molecular weight excluding hydrogens is 296 g/mol. The second-order valence-corrected chi connectivity index (χ2v) is 6.53. The molecule has 2 aromatic rings. The van der Waals surface area contributed by atoms with Gasteiger partial charge in [-0.25, -0.2) is 0 Å². The van der Waals surface area contributed by atoms with E-state index in [1.54, 1.807) is 6.07 Å². The van der Waals surface area contributed by atoms with Gasteiger partial charge in [-0.2, -0.15) is 0 Å². The first-order chi connectivity index (χ1) is 11.7. The lowest BCUT2D eigenvalue weighted by Gasteiger charge is -2.18. The summed E-state index contributed by atoms with van der Waals surface area (Å²) in [5.41, 5.74) is 2.22. The maximum atomic E-state index is 9.91. The quantitative estimate of drug-likeness (QED) is 0.549. The fourth-order valence-corrected chi connectivity index (χ4v) is 3.00. The fraction of sp³-hybridized carbons (Fsp3) is 0.455. The first-order valence-electron chi connectivity index (χ1n) is 9.22. The normalized spacial score (nSPS) is 12.1. The molecule has 0 fully saturated rings. The summed E-state index contributed by atoms with van der Waals surface area (Å²) in [6, 6.07) is 15.8. The van der Waals surface area contributed by atoms with Crippen LogP contribution < -0.4 is 4.74 Å². The molecule has 1 N–H and O–H groups in total. The zero-order valence-corrected chi connectivity index (χ0v) is 15.0. The van der Waals surface area contributed by atoms with Crippen molar-refractivity contribution in [2.24, 2.45) is 0 Å². The van der Waals surface area contributed by atoms with Crippen molar-refractivity contribution in [3.05, 3.63) is 59.7 Å². The Hall–Kier alpha value is -1.96. The number of unbranched alkanes of at least 4 members (excludes halogenated alkanes) is 4. The highest BCUT2D eigenvalue weighted by atomic mass is 16.5. The van der Waals surface area contributed by atoms with Crippen molar-refractivity contribution in [3.8, 4) is 11.5 Å². The molecule has 0 aromatic heterocycles. The Kier molecular flexibility index (Phi) is 7.67. The van der Waals surface area contributed by atoms with E-state index < -0.39 is 0 Å². The number of aryl methyl sites for hydroxylation is 1. The summed E-state index contributed by atoms with van der Waals surface area (Å²) in [5.74, 6) is 1.33. The van der Waals surface area contributed by atoms with Crippen LogP contribution in [0.3, 0.4) is 0 Å². The van der Waals surface area contributed by atoms with E-state index in [0.29, 0.717) is 12.2 Å². The number of phenols is 1. The van der Waals surface area contributed by atoms with E-state index in [2.05, 4.69) is 32.0 Å².